The van der Waals surface area contributed by atoms with Gasteiger partial charge in [-0.2, -0.15) is 13.2 Å². The van der Waals surface area contributed by atoms with E-state index < -0.39 is 17.5 Å². The summed E-state index contributed by atoms with van der Waals surface area (Å²) in [5.41, 5.74) is 5.45. The molecule has 0 radical (unpaired) electrons. The molecule has 2 N–H and O–H groups in total. The summed E-state index contributed by atoms with van der Waals surface area (Å²) in [5.74, 6) is 0. The Hall–Kier alpha value is -0.820. The number of thioether (sulfide) groups is 1. The summed E-state index contributed by atoms with van der Waals surface area (Å²) in [7, 11) is 0. The van der Waals surface area contributed by atoms with Crippen LogP contribution >= 0.6 is 11.8 Å². The number of hydrogen-bond donors (Lipinski definition) is 1. The minimum atomic E-state index is -4.35. The van der Waals surface area contributed by atoms with Crippen LogP contribution in [0.15, 0.2) is 23.6 Å². The van der Waals surface area contributed by atoms with E-state index in [2.05, 4.69) is 9.97 Å². The molecule has 0 aromatic carbocycles. The summed E-state index contributed by atoms with van der Waals surface area (Å²) < 4.78 is 38.1. The number of alkyl halides is 3. The molecule has 0 saturated carbocycles. The summed E-state index contributed by atoms with van der Waals surface area (Å²) >= 11 is 0.556. The zero-order valence-corrected chi connectivity index (χ0v) is 9.42. The van der Waals surface area contributed by atoms with Crippen molar-refractivity contribution in [1.29, 1.82) is 0 Å². The molecule has 1 heterocycles. The molecule has 16 heavy (non-hydrogen) atoms. The van der Waals surface area contributed by atoms with Crippen molar-refractivity contribution in [2.45, 2.75) is 36.0 Å². The Kier molecular flexibility index (Phi) is 4.55. The monoisotopic (exact) mass is 251 g/mol. The fourth-order valence-electron chi connectivity index (χ4n) is 1.07. The van der Waals surface area contributed by atoms with Crippen LogP contribution < -0.4 is 5.73 Å². The first-order valence-electron chi connectivity index (χ1n) is 4.71. The Bertz CT molecular complexity index is 318. The van der Waals surface area contributed by atoms with E-state index >= 15 is 0 Å². The Morgan fingerprint density at radius 2 is 1.94 bits per heavy atom. The minimum absolute atomic E-state index is 0.0914. The van der Waals surface area contributed by atoms with Gasteiger partial charge in [-0.05, 0) is 12.5 Å². The lowest BCUT2D eigenvalue weighted by atomic mass is 10.1. The summed E-state index contributed by atoms with van der Waals surface area (Å²) in [6.45, 7) is 1.62. The van der Waals surface area contributed by atoms with Crippen molar-refractivity contribution in [3.8, 4) is 0 Å². The van der Waals surface area contributed by atoms with Gasteiger partial charge in [-0.15, -0.1) is 0 Å². The molecule has 1 aromatic heterocycles. The van der Waals surface area contributed by atoms with E-state index in [0.29, 0.717) is 11.8 Å². The molecule has 0 saturated heterocycles. The van der Waals surface area contributed by atoms with E-state index in [1.807, 2.05) is 0 Å². The molecular formula is C9H12F3N3S. The molecule has 0 aliphatic rings. The molecule has 0 fully saturated rings. The van der Waals surface area contributed by atoms with Crippen molar-refractivity contribution in [1.82, 2.24) is 9.97 Å². The summed E-state index contributed by atoms with van der Waals surface area (Å²) in [6.07, 6.45) is -1.29. The molecule has 1 rings (SSSR count). The number of rotatable bonds is 4. The number of aromatic nitrogens is 2. The molecule has 0 aliphatic heterocycles. The predicted molar refractivity (Wildman–Crippen MR) is 56.0 cm³/mol. The van der Waals surface area contributed by atoms with Crippen LogP contribution in [-0.2, 0) is 0 Å². The highest BCUT2D eigenvalue weighted by Crippen LogP contribution is 2.35. The van der Waals surface area contributed by atoms with Crippen LogP contribution in [0.5, 0.6) is 0 Å². The highest BCUT2D eigenvalue weighted by molar-refractivity contribution is 7.99. The van der Waals surface area contributed by atoms with Gasteiger partial charge in [-0.3, -0.25) is 0 Å². The first kappa shape index (κ1) is 13.2. The second kappa shape index (κ2) is 5.49. The predicted octanol–water partition coefficient (Wildman–Crippen LogP) is 2.24. The van der Waals surface area contributed by atoms with E-state index in [1.54, 1.807) is 13.0 Å². The Morgan fingerprint density at radius 1 is 1.38 bits per heavy atom. The lowest BCUT2D eigenvalue weighted by molar-refractivity contribution is -0.132. The van der Waals surface area contributed by atoms with Gasteiger partial charge in [0.15, 0.2) is 5.16 Å². The summed E-state index contributed by atoms with van der Waals surface area (Å²) in [4.78, 5) is 7.49. The topological polar surface area (TPSA) is 51.8 Å². The molecule has 2 unspecified atom stereocenters. The van der Waals surface area contributed by atoms with E-state index in [9.17, 15) is 13.2 Å². The smallest absolute Gasteiger partial charge is 0.326 e. The van der Waals surface area contributed by atoms with Gasteiger partial charge in [0.1, 0.15) is 5.25 Å². The first-order chi connectivity index (χ1) is 7.45. The molecule has 2 atom stereocenters. The lowest BCUT2D eigenvalue weighted by Gasteiger charge is -2.23. The van der Waals surface area contributed by atoms with Gasteiger partial charge >= 0.3 is 6.18 Å². The Labute approximate surface area is 95.7 Å². The van der Waals surface area contributed by atoms with Crippen LogP contribution in [0.2, 0.25) is 0 Å². The Morgan fingerprint density at radius 3 is 2.38 bits per heavy atom. The largest absolute Gasteiger partial charge is 0.402 e. The van der Waals surface area contributed by atoms with Gasteiger partial charge in [0, 0.05) is 18.4 Å². The molecule has 0 aliphatic carbocycles. The second-order valence-electron chi connectivity index (χ2n) is 3.18. The van der Waals surface area contributed by atoms with Crippen molar-refractivity contribution in [3.63, 3.8) is 0 Å². The highest BCUT2D eigenvalue weighted by Gasteiger charge is 2.44. The van der Waals surface area contributed by atoms with E-state index in [0.717, 1.165) is 0 Å². The van der Waals surface area contributed by atoms with Crippen LogP contribution in [0.25, 0.3) is 0 Å². The minimum Gasteiger partial charge on any atom is -0.326 e. The number of hydrogen-bond acceptors (Lipinski definition) is 4. The maximum Gasteiger partial charge on any atom is 0.402 e. The summed E-state index contributed by atoms with van der Waals surface area (Å²) in [6, 6.07) is 0.598. The highest BCUT2D eigenvalue weighted by atomic mass is 32.2. The van der Waals surface area contributed by atoms with Crippen molar-refractivity contribution >= 4 is 11.8 Å². The van der Waals surface area contributed by atoms with Crippen molar-refractivity contribution in [2.75, 3.05) is 0 Å². The van der Waals surface area contributed by atoms with Crippen molar-refractivity contribution in [2.24, 2.45) is 5.73 Å². The number of nitrogens with zero attached hydrogens (tertiary/aromatic N) is 2. The van der Waals surface area contributed by atoms with E-state index in [-0.39, 0.29) is 11.6 Å². The SMILES string of the molecule is CCC(N)C(Sc1ncccn1)C(F)(F)F. The Balaban J connectivity index is 2.80. The standard InChI is InChI=1S/C9H12F3N3S/c1-2-6(13)7(9(10,11)12)16-8-14-4-3-5-15-8/h3-7H,2,13H2,1H3. The number of halogens is 3. The molecule has 0 amide bonds. The maximum atomic E-state index is 12.7. The molecule has 7 heteroatoms. The third-order valence-electron chi connectivity index (χ3n) is 1.96. The molecule has 3 nitrogen and oxygen atoms in total. The number of nitrogens with two attached hydrogens (primary N) is 1. The van der Waals surface area contributed by atoms with Gasteiger partial charge in [-0.25, -0.2) is 9.97 Å². The molecule has 1 aromatic rings. The van der Waals surface area contributed by atoms with Gasteiger partial charge < -0.3 is 5.73 Å². The van der Waals surface area contributed by atoms with Crippen LogP contribution in [0, 0.1) is 0 Å². The summed E-state index contributed by atoms with van der Waals surface area (Å²) in [5, 5.41) is -1.58. The zero-order valence-electron chi connectivity index (χ0n) is 8.61. The van der Waals surface area contributed by atoms with Crippen LogP contribution in [-0.4, -0.2) is 27.4 Å². The van der Waals surface area contributed by atoms with E-state index in [1.165, 1.54) is 12.4 Å². The average molecular weight is 251 g/mol. The second-order valence-corrected chi connectivity index (χ2v) is 4.29. The molecule has 0 bridgehead atoms. The average Bonchev–Trinajstić information content (AvgIpc) is 2.25. The first-order valence-corrected chi connectivity index (χ1v) is 5.59. The zero-order chi connectivity index (χ0) is 12.2. The maximum absolute atomic E-state index is 12.7. The molecular weight excluding hydrogens is 239 g/mol. The fraction of sp³-hybridized carbons (Fsp3) is 0.556. The van der Waals surface area contributed by atoms with E-state index in [4.69, 9.17) is 5.73 Å². The molecule has 0 spiro atoms. The quantitative estimate of drug-likeness (QED) is 0.658. The van der Waals surface area contributed by atoms with Crippen LogP contribution in [0.4, 0.5) is 13.2 Å². The van der Waals surface area contributed by atoms with Gasteiger partial charge in [0.05, 0.1) is 0 Å². The van der Waals surface area contributed by atoms with Crippen molar-refractivity contribution < 1.29 is 13.2 Å². The van der Waals surface area contributed by atoms with Gasteiger partial charge in [0.2, 0.25) is 0 Å². The normalized spacial score (nSPS) is 15.8. The van der Waals surface area contributed by atoms with Crippen molar-refractivity contribution in [3.05, 3.63) is 18.5 Å². The molecule has 90 valence electrons. The van der Waals surface area contributed by atoms with Crippen LogP contribution in [0.3, 0.4) is 0 Å². The van der Waals surface area contributed by atoms with Gasteiger partial charge in [0.25, 0.3) is 0 Å². The fourth-order valence-corrected chi connectivity index (χ4v) is 2.04. The third kappa shape index (κ3) is 3.64. The third-order valence-corrected chi connectivity index (χ3v) is 3.25. The van der Waals surface area contributed by atoms with Gasteiger partial charge in [-0.1, -0.05) is 18.7 Å². The lowest BCUT2D eigenvalue weighted by Crippen LogP contribution is -2.42. The van der Waals surface area contributed by atoms with Crippen LogP contribution in [0.1, 0.15) is 13.3 Å².